The lowest BCUT2D eigenvalue weighted by Gasteiger charge is -2.25. The van der Waals surface area contributed by atoms with Gasteiger partial charge in [-0.2, -0.15) is 0 Å². The molecule has 4 rings (SSSR count). The maximum absolute atomic E-state index is 13.6. The molecule has 0 fully saturated rings. The van der Waals surface area contributed by atoms with E-state index in [1.807, 2.05) is 18.2 Å². The fraction of sp³-hybridized carbons (Fsp3) is 0.360. The Morgan fingerprint density at radius 1 is 1.06 bits per heavy atom. The van der Waals surface area contributed by atoms with E-state index in [1.165, 1.54) is 0 Å². The van der Waals surface area contributed by atoms with E-state index >= 15 is 0 Å². The number of ether oxygens (including phenoxy) is 3. The van der Waals surface area contributed by atoms with Crippen LogP contribution < -0.4 is 14.9 Å². The predicted octanol–water partition coefficient (Wildman–Crippen LogP) is 4.93. The minimum absolute atomic E-state index is 0.0677. The van der Waals surface area contributed by atoms with Crippen LogP contribution in [0.1, 0.15) is 47.5 Å². The average Bonchev–Trinajstić information content (AvgIpc) is 3.10. The molecular weight excluding hydrogens is 490 g/mol. The van der Waals surface area contributed by atoms with Gasteiger partial charge in [0.15, 0.2) is 16.9 Å². The Morgan fingerprint density at radius 3 is 2.61 bits per heavy atom. The number of amides is 1. The molecule has 2 aromatic carbocycles. The van der Waals surface area contributed by atoms with Crippen molar-refractivity contribution in [1.82, 2.24) is 4.90 Å². The summed E-state index contributed by atoms with van der Waals surface area (Å²) in [7, 11) is 3.14. The third kappa shape index (κ3) is 4.37. The van der Waals surface area contributed by atoms with Gasteiger partial charge in [0.25, 0.3) is 5.91 Å². The fourth-order valence-corrected chi connectivity index (χ4v) is 4.42. The van der Waals surface area contributed by atoms with Crippen LogP contribution in [0.3, 0.4) is 0 Å². The zero-order valence-electron chi connectivity index (χ0n) is 18.9. The van der Waals surface area contributed by atoms with Crippen LogP contribution in [0, 0.1) is 0 Å². The second-order valence-corrected chi connectivity index (χ2v) is 8.74. The van der Waals surface area contributed by atoms with Crippen molar-refractivity contribution in [3.63, 3.8) is 0 Å². The highest BCUT2D eigenvalue weighted by Crippen LogP contribution is 2.41. The summed E-state index contributed by atoms with van der Waals surface area (Å²) in [5, 5.41) is 0.418. The van der Waals surface area contributed by atoms with Crippen molar-refractivity contribution < 1.29 is 23.4 Å². The molecular formula is C25H26BrNO6. The molecule has 7 nitrogen and oxygen atoms in total. The molecule has 0 bridgehead atoms. The number of nitrogens with zero attached hydrogens (tertiary/aromatic N) is 1. The van der Waals surface area contributed by atoms with Gasteiger partial charge < -0.3 is 23.5 Å². The topological polar surface area (TPSA) is 78.2 Å². The molecule has 0 N–H and O–H groups in total. The minimum Gasteiger partial charge on any atom is -0.493 e. The molecule has 0 saturated heterocycles. The molecule has 1 atom stereocenters. The van der Waals surface area contributed by atoms with Crippen LogP contribution >= 0.6 is 15.9 Å². The van der Waals surface area contributed by atoms with Crippen molar-refractivity contribution in [2.45, 2.75) is 25.8 Å². The first kappa shape index (κ1) is 23.3. The lowest BCUT2D eigenvalue weighted by atomic mass is 9.98. The highest BCUT2D eigenvalue weighted by atomic mass is 79.9. The maximum Gasteiger partial charge on any atom is 0.290 e. The smallest absolute Gasteiger partial charge is 0.290 e. The number of hydrogen-bond acceptors (Lipinski definition) is 6. The lowest BCUT2D eigenvalue weighted by molar-refractivity contribution is 0.0663. The zero-order valence-corrected chi connectivity index (χ0v) is 20.4. The molecule has 0 saturated carbocycles. The number of fused-ring (bicyclic) bond motifs is 2. The summed E-state index contributed by atoms with van der Waals surface area (Å²) in [5.74, 6) is 0.899. The summed E-state index contributed by atoms with van der Waals surface area (Å²) in [4.78, 5) is 28.5. The van der Waals surface area contributed by atoms with E-state index in [1.54, 1.807) is 37.3 Å². The van der Waals surface area contributed by atoms with Crippen LogP contribution in [-0.2, 0) is 4.74 Å². The average molecular weight is 516 g/mol. The Kier molecular flexibility index (Phi) is 7.05. The fourth-order valence-electron chi connectivity index (χ4n) is 4.06. The van der Waals surface area contributed by atoms with Gasteiger partial charge >= 0.3 is 0 Å². The quantitative estimate of drug-likeness (QED) is 0.375. The molecule has 174 valence electrons. The number of methoxy groups -OCH3 is 2. The van der Waals surface area contributed by atoms with E-state index < -0.39 is 6.04 Å². The van der Waals surface area contributed by atoms with Gasteiger partial charge in [-0.15, -0.1) is 0 Å². The molecule has 0 aliphatic carbocycles. The van der Waals surface area contributed by atoms with E-state index in [2.05, 4.69) is 22.9 Å². The first-order chi connectivity index (χ1) is 16.0. The molecule has 0 spiro atoms. The first-order valence-corrected chi connectivity index (χ1v) is 11.7. The van der Waals surface area contributed by atoms with Crippen LogP contribution in [-0.4, -0.2) is 44.8 Å². The standard InChI is InChI=1S/C25H26BrNO6/c1-4-5-11-32-19-8-6-15(13-20(19)31-3)22-21-23(28)17-14-16(26)7-9-18(17)33-24(21)25(29)27(22)10-12-30-2/h6-9,13-14,22H,4-5,10-12H2,1-3H3. The van der Waals surface area contributed by atoms with Crippen LogP contribution in [0.5, 0.6) is 11.5 Å². The first-order valence-electron chi connectivity index (χ1n) is 10.9. The SMILES string of the molecule is CCCCOc1ccc(C2c3c(oc4ccc(Br)cc4c3=O)C(=O)N2CCOC)cc1OC. The Hall–Kier alpha value is -2.84. The molecule has 1 unspecified atom stereocenters. The van der Waals surface area contributed by atoms with Crippen molar-refractivity contribution in [3.8, 4) is 11.5 Å². The lowest BCUT2D eigenvalue weighted by Crippen LogP contribution is -2.32. The summed E-state index contributed by atoms with van der Waals surface area (Å²) in [6, 6.07) is 10.1. The third-order valence-electron chi connectivity index (χ3n) is 5.72. The Bertz CT molecular complexity index is 1240. The van der Waals surface area contributed by atoms with Crippen LogP contribution in [0.15, 0.2) is 50.1 Å². The molecule has 1 aliphatic heterocycles. The highest BCUT2D eigenvalue weighted by Gasteiger charge is 2.42. The van der Waals surface area contributed by atoms with Gasteiger partial charge in [0.1, 0.15) is 5.58 Å². The Balaban J connectivity index is 1.85. The van der Waals surface area contributed by atoms with E-state index in [4.69, 9.17) is 18.6 Å². The van der Waals surface area contributed by atoms with Crippen molar-refractivity contribution in [1.29, 1.82) is 0 Å². The molecule has 8 heteroatoms. The summed E-state index contributed by atoms with van der Waals surface area (Å²) < 4.78 is 23.3. The summed E-state index contributed by atoms with van der Waals surface area (Å²) in [6.07, 6.45) is 1.96. The van der Waals surface area contributed by atoms with Crippen molar-refractivity contribution in [2.75, 3.05) is 34.0 Å². The Labute approximate surface area is 200 Å². The van der Waals surface area contributed by atoms with Crippen LogP contribution in [0.25, 0.3) is 11.0 Å². The van der Waals surface area contributed by atoms with Gasteiger partial charge in [-0.1, -0.05) is 35.3 Å². The van der Waals surface area contributed by atoms with E-state index in [9.17, 15) is 9.59 Å². The molecule has 0 radical (unpaired) electrons. The van der Waals surface area contributed by atoms with Gasteiger partial charge in [-0.05, 0) is 42.3 Å². The summed E-state index contributed by atoms with van der Waals surface area (Å²) in [6.45, 7) is 3.31. The van der Waals surface area contributed by atoms with Gasteiger partial charge in [0.05, 0.1) is 37.3 Å². The van der Waals surface area contributed by atoms with Gasteiger partial charge in [0, 0.05) is 18.1 Å². The van der Waals surface area contributed by atoms with E-state index in [0.717, 1.165) is 22.9 Å². The van der Waals surface area contributed by atoms with Crippen molar-refractivity contribution in [3.05, 3.63) is 68.0 Å². The largest absolute Gasteiger partial charge is 0.493 e. The summed E-state index contributed by atoms with van der Waals surface area (Å²) >= 11 is 3.41. The van der Waals surface area contributed by atoms with Crippen molar-refractivity contribution in [2.24, 2.45) is 0 Å². The number of carbonyl (C=O) groups excluding carboxylic acids is 1. The molecule has 2 heterocycles. The number of hydrogen-bond donors (Lipinski definition) is 0. The third-order valence-corrected chi connectivity index (χ3v) is 6.22. The second kappa shape index (κ2) is 9.97. The second-order valence-electron chi connectivity index (χ2n) is 7.82. The summed E-state index contributed by atoms with van der Waals surface area (Å²) in [5.41, 5.74) is 1.20. The monoisotopic (exact) mass is 515 g/mol. The predicted molar refractivity (Wildman–Crippen MR) is 128 cm³/mol. The Morgan fingerprint density at radius 2 is 1.88 bits per heavy atom. The van der Waals surface area contributed by atoms with Crippen LogP contribution in [0.2, 0.25) is 0 Å². The van der Waals surface area contributed by atoms with E-state index in [-0.39, 0.29) is 17.1 Å². The number of carbonyl (C=O) groups is 1. The van der Waals surface area contributed by atoms with Gasteiger partial charge in [-0.3, -0.25) is 9.59 Å². The normalized spacial score (nSPS) is 15.2. The molecule has 1 amide bonds. The van der Waals surface area contributed by atoms with Crippen LogP contribution in [0.4, 0.5) is 0 Å². The number of unbranched alkanes of at least 4 members (excludes halogenated alkanes) is 1. The molecule has 1 aromatic heterocycles. The zero-order chi connectivity index (χ0) is 23.5. The van der Waals surface area contributed by atoms with Crippen molar-refractivity contribution >= 4 is 32.8 Å². The van der Waals surface area contributed by atoms with Gasteiger partial charge in [-0.25, -0.2) is 0 Å². The number of rotatable bonds is 9. The number of halogens is 1. The van der Waals surface area contributed by atoms with Gasteiger partial charge in [0.2, 0.25) is 5.76 Å². The number of benzene rings is 2. The minimum atomic E-state index is -0.624. The highest BCUT2D eigenvalue weighted by molar-refractivity contribution is 9.10. The molecule has 33 heavy (non-hydrogen) atoms. The van der Waals surface area contributed by atoms with E-state index in [0.29, 0.717) is 47.8 Å². The molecule has 1 aliphatic rings. The maximum atomic E-state index is 13.6. The molecule has 3 aromatic rings.